The normalized spacial score (nSPS) is 17.8. The Bertz CT molecular complexity index is 1160. The topological polar surface area (TPSA) is 101 Å². The number of carboxylic acid groups (broad SMARTS) is 1. The molecule has 0 amide bonds. The molecule has 1 atom stereocenters. The summed E-state index contributed by atoms with van der Waals surface area (Å²) < 4.78 is 33.8. The van der Waals surface area contributed by atoms with Crippen molar-refractivity contribution in [1.82, 2.24) is 0 Å². The molecule has 0 saturated heterocycles. The number of rotatable bonds is 3. The third-order valence-corrected chi connectivity index (χ3v) is 4.88. The SMILES string of the molecule is O=Cc1ccc(C2C3=C(CC(=O)C(F)=C3)Oc3cc(O)c(F)cc32)c(C(=O)O)c1. The summed E-state index contributed by atoms with van der Waals surface area (Å²) >= 11 is 0. The summed E-state index contributed by atoms with van der Waals surface area (Å²) in [7, 11) is 0. The van der Waals surface area contributed by atoms with Crippen molar-refractivity contribution in [2.24, 2.45) is 0 Å². The lowest BCUT2D eigenvalue weighted by atomic mass is 9.77. The number of carbonyl (C=O) groups excluding carboxylic acids is 2. The number of ketones is 1. The van der Waals surface area contributed by atoms with Crippen LogP contribution in [0.15, 0.2) is 53.6 Å². The lowest BCUT2D eigenvalue weighted by Crippen LogP contribution is -2.23. The molecule has 6 nitrogen and oxygen atoms in total. The molecule has 0 bridgehead atoms. The van der Waals surface area contributed by atoms with Gasteiger partial charge < -0.3 is 14.9 Å². The third kappa shape index (κ3) is 2.98. The van der Waals surface area contributed by atoms with Crippen LogP contribution < -0.4 is 4.74 Å². The van der Waals surface area contributed by atoms with Crippen molar-refractivity contribution in [2.75, 3.05) is 0 Å². The Labute approximate surface area is 162 Å². The van der Waals surface area contributed by atoms with Gasteiger partial charge in [-0.3, -0.25) is 9.59 Å². The van der Waals surface area contributed by atoms with Crippen LogP contribution in [-0.4, -0.2) is 28.3 Å². The van der Waals surface area contributed by atoms with E-state index in [9.17, 15) is 33.4 Å². The highest BCUT2D eigenvalue weighted by Gasteiger charge is 2.37. The van der Waals surface area contributed by atoms with Gasteiger partial charge in [0, 0.05) is 28.7 Å². The first-order valence-electron chi connectivity index (χ1n) is 8.46. The van der Waals surface area contributed by atoms with E-state index >= 15 is 0 Å². The van der Waals surface area contributed by atoms with Gasteiger partial charge in [-0.05, 0) is 23.8 Å². The van der Waals surface area contributed by atoms with Gasteiger partial charge in [0.05, 0.1) is 12.0 Å². The molecule has 2 aromatic carbocycles. The minimum atomic E-state index is -1.34. The molecule has 4 rings (SSSR count). The molecule has 2 aromatic rings. The zero-order valence-electron chi connectivity index (χ0n) is 14.6. The van der Waals surface area contributed by atoms with Gasteiger partial charge in [-0.15, -0.1) is 0 Å². The van der Waals surface area contributed by atoms with Crippen molar-refractivity contribution in [3.8, 4) is 11.5 Å². The number of aldehydes is 1. The molecule has 29 heavy (non-hydrogen) atoms. The van der Waals surface area contributed by atoms with Crippen molar-refractivity contribution in [2.45, 2.75) is 12.3 Å². The van der Waals surface area contributed by atoms with E-state index < -0.39 is 41.5 Å². The predicted molar refractivity (Wildman–Crippen MR) is 95.2 cm³/mol. The molecule has 2 N–H and O–H groups in total. The highest BCUT2D eigenvalue weighted by Crippen LogP contribution is 2.48. The number of aromatic carboxylic acids is 1. The van der Waals surface area contributed by atoms with Crippen molar-refractivity contribution in [1.29, 1.82) is 0 Å². The lowest BCUT2D eigenvalue weighted by molar-refractivity contribution is -0.116. The van der Waals surface area contributed by atoms with Gasteiger partial charge >= 0.3 is 5.97 Å². The van der Waals surface area contributed by atoms with Crippen molar-refractivity contribution in [3.63, 3.8) is 0 Å². The first-order chi connectivity index (χ1) is 13.8. The Balaban J connectivity index is 2.02. The van der Waals surface area contributed by atoms with Crippen LogP contribution >= 0.6 is 0 Å². The molecule has 0 spiro atoms. The zero-order valence-corrected chi connectivity index (χ0v) is 14.6. The number of hydrogen-bond acceptors (Lipinski definition) is 5. The maximum atomic E-state index is 14.1. The number of phenolic OH excluding ortho intramolecular Hbond substituents is 1. The molecule has 8 heteroatoms. The number of carbonyl (C=O) groups is 3. The second kappa shape index (κ2) is 6.66. The van der Waals surface area contributed by atoms with Gasteiger partial charge in [0.1, 0.15) is 17.8 Å². The molecular formula is C21H12F2O6. The summed E-state index contributed by atoms with van der Waals surface area (Å²) in [5.41, 5.74) is 0.354. The number of Topliss-reactive ketones (excluding diaryl/α,β-unsaturated/α-hetero) is 1. The first kappa shape index (κ1) is 18.5. The Morgan fingerprint density at radius 1 is 1.17 bits per heavy atom. The number of ether oxygens (including phenoxy) is 1. The van der Waals surface area contributed by atoms with E-state index in [0.29, 0.717) is 6.29 Å². The van der Waals surface area contributed by atoms with Crippen LogP contribution in [0.3, 0.4) is 0 Å². The summed E-state index contributed by atoms with van der Waals surface area (Å²) in [6, 6.07) is 5.91. The number of fused-ring (bicyclic) bond motifs is 1. The van der Waals surface area contributed by atoms with Gasteiger partial charge in [-0.1, -0.05) is 12.1 Å². The lowest BCUT2D eigenvalue weighted by Gasteiger charge is -2.32. The molecule has 0 radical (unpaired) electrons. The van der Waals surface area contributed by atoms with Crippen LogP contribution in [0.1, 0.15) is 44.2 Å². The van der Waals surface area contributed by atoms with E-state index in [4.69, 9.17) is 4.74 Å². The van der Waals surface area contributed by atoms with Gasteiger partial charge in [0.2, 0.25) is 0 Å². The van der Waals surface area contributed by atoms with Crippen LogP contribution in [0.4, 0.5) is 8.78 Å². The Kier molecular flexibility index (Phi) is 4.26. The Hall–Kier alpha value is -3.81. The third-order valence-electron chi connectivity index (χ3n) is 4.88. The minimum absolute atomic E-state index is 0.0203. The van der Waals surface area contributed by atoms with E-state index in [1.165, 1.54) is 12.1 Å². The number of allylic oxidation sites excluding steroid dienone is 4. The molecule has 1 unspecified atom stereocenters. The molecular weight excluding hydrogens is 386 g/mol. The van der Waals surface area contributed by atoms with Gasteiger partial charge in [0.15, 0.2) is 23.2 Å². The van der Waals surface area contributed by atoms with Crippen molar-refractivity contribution < 1.29 is 38.1 Å². The number of aromatic hydroxyl groups is 1. The largest absolute Gasteiger partial charge is 0.505 e. The molecule has 0 saturated carbocycles. The second-order valence-electron chi connectivity index (χ2n) is 6.62. The highest BCUT2D eigenvalue weighted by atomic mass is 19.1. The fourth-order valence-corrected chi connectivity index (χ4v) is 3.56. The fraction of sp³-hybridized carbons (Fsp3) is 0.0952. The van der Waals surface area contributed by atoms with E-state index in [0.717, 1.165) is 24.3 Å². The Morgan fingerprint density at radius 3 is 2.62 bits per heavy atom. The monoisotopic (exact) mass is 398 g/mol. The van der Waals surface area contributed by atoms with Gasteiger partial charge in [0.25, 0.3) is 0 Å². The average Bonchev–Trinajstić information content (AvgIpc) is 2.68. The smallest absolute Gasteiger partial charge is 0.336 e. The van der Waals surface area contributed by atoms with Crippen molar-refractivity contribution >= 4 is 18.0 Å². The number of carboxylic acids is 1. The number of hydrogen-bond donors (Lipinski definition) is 2. The fourth-order valence-electron chi connectivity index (χ4n) is 3.56. The molecule has 1 aliphatic heterocycles. The van der Waals surface area contributed by atoms with Gasteiger partial charge in [-0.2, -0.15) is 0 Å². The minimum Gasteiger partial charge on any atom is -0.505 e. The average molecular weight is 398 g/mol. The van der Waals surface area contributed by atoms with Crippen LogP contribution in [0.5, 0.6) is 11.5 Å². The molecule has 1 aliphatic carbocycles. The highest BCUT2D eigenvalue weighted by molar-refractivity contribution is 5.97. The number of benzene rings is 2. The van der Waals surface area contributed by atoms with E-state index in [2.05, 4.69) is 0 Å². The maximum absolute atomic E-state index is 14.1. The second-order valence-corrected chi connectivity index (χ2v) is 6.62. The van der Waals surface area contributed by atoms with Gasteiger partial charge in [-0.25, -0.2) is 13.6 Å². The molecule has 146 valence electrons. The molecule has 0 aromatic heterocycles. The number of halogens is 2. The van der Waals surface area contributed by atoms with Crippen LogP contribution in [0, 0.1) is 5.82 Å². The van der Waals surface area contributed by atoms with E-state index in [1.807, 2.05) is 0 Å². The summed E-state index contributed by atoms with van der Waals surface area (Å²) in [6.07, 6.45) is 1.02. The summed E-state index contributed by atoms with van der Waals surface area (Å²) in [5.74, 6) is -5.73. The summed E-state index contributed by atoms with van der Waals surface area (Å²) in [5, 5.41) is 19.3. The van der Waals surface area contributed by atoms with Crippen LogP contribution in [0.2, 0.25) is 0 Å². The maximum Gasteiger partial charge on any atom is 0.336 e. The van der Waals surface area contributed by atoms with Crippen LogP contribution in [-0.2, 0) is 4.79 Å². The summed E-state index contributed by atoms with van der Waals surface area (Å²) in [4.78, 5) is 34.7. The quantitative estimate of drug-likeness (QED) is 0.766. The summed E-state index contributed by atoms with van der Waals surface area (Å²) in [6.45, 7) is 0. The molecule has 2 aliphatic rings. The van der Waals surface area contributed by atoms with E-state index in [1.54, 1.807) is 0 Å². The van der Waals surface area contributed by atoms with E-state index in [-0.39, 0.29) is 39.3 Å². The zero-order chi connectivity index (χ0) is 20.9. The predicted octanol–water partition coefficient (Wildman–Crippen LogP) is 3.65. The Morgan fingerprint density at radius 2 is 1.93 bits per heavy atom. The number of phenols is 1. The van der Waals surface area contributed by atoms with Crippen LogP contribution in [0.25, 0.3) is 0 Å². The molecule has 0 fully saturated rings. The first-order valence-corrected chi connectivity index (χ1v) is 8.46. The molecule has 1 heterocycles. The van der Waals surface area contributed by atoms with Crippen molar-refractivity contribution in [3.05, 3.63) is 81.6 Å². The standard InChI is InChI=1S/C21H12F2O6/c22-14-4-12-18(6-16(14)25)29-19-7-17(26)15(23)5-13(19)20(12)10-2-1-9(8-24)3-11(10)21(27)28/h1-6,8,20,25H,7H2,(H,27,28).